The highest BCUT2D eigenvalue weighted by molar-refractivity contribution is 7.99. The van der Waals surface area contributed by atoms with Gasteiger partial charge in [-0.15, -0.1) is 9.32 Å². The minimum Gasteiger partial charge on any atom is -0.511 e. The maximum atomic E-state index is 12.7. The summed E-state index contributed by atoms with van der Waals surface area (Å²) in [6, 6.07) is 0.158. The summed E-state index contributed by atoms with van der Waals surface area (Å²) >= 11 is 0.807. The van der Waals surface area contributed by atoms with Crippen LogP contribution in [0.3, 0.4) is 0 Å². The van der Waals surface area contributed by atoms with Gasteiger partial charge in [-0.2, -0.15) is 5.48 Å². The SMILES string of the molecule is CC(=O)C(=CC=CC=C/C(=C(/C)O)S(=O)(=O)NC1CCCCC1)SOONC1CCCCC1. The molecule has 0 amide bonds. The van der Waals surface area contributed by atoms with Gasteiger partial charge in [-0.1, -0.05) is 56.8 Å². The number of hydrogen-bond acceptors (Lipinski definition) is 8. The van der Waals surface area contributed by atoms with Crippen molar-refractivity contribution in [2.45, 2.75) is 90.1 Å². The molecule has 0 bridgehead atoms. The first-order valence-corrected chi connectivity index (χ1v) is 13.8. The minimum absolute atomic E-state index is 0.102. The van der Waals surface area contributed by atoms with Crippen LogP contribution in [0.5, 0.6) is 0 Å². The second-order valence-electron chi connectivity index (χ2n) is 8.42. The monoisotopic (exact) mass is 500 g/mol. The van der Waals surface area contributed by atoms with Crippen LogP contribution in [0.1, 0.15) is 78.1 Å². The Morgan fingerprint density at radius 2 is 1.55 bits per heavy atom. The van der Waals surface area contributed by atoms with E-state index in [4.69, 9.17) is 9.32 Å². The number of sulfonamides is 1. The Kier molecular flexibility index (Phi) is 12.4. The molecule has 33 heavy (non-hydrogen) atoms. The molecule has 0 radical (unpaired) electrons. The number of hydroxylamine groups is 1. The van der Waals surface area contributed by atoms with Crippen LogP contribution < -0.4 is 10.2 Å². The van der Waals surface area contributed by atoms with Gasteiger partial charge in [-0.25, -0.2) is 13.1 Å². The van der Waals surface area contributed by atoms with Gasteiger partial charge in [0.05, 0.1) is 16.9 Å². The molecular formula is C23H36N2O6S2. The fourth-order valence-electron chi connectivity index (χ4n) is 3.82. The molecule has 8 nitrogen and oxygen atoms in total. The van der Waals surface area contributed by atoms with Gasteiger partial charge in [-0.3, -0.25) is 4.79 Å². The zero-order chi connectivity index (χ0) is 24.1. The Balaban J connectivity index is 1.88. The van der Waals surface area contributed by atoms with Gasteiger partial charge in [-0.05, 0) is 51.7 Å². The molecule has 2 aliphatic carbocycles. The Morgan fingerprint density at radius 3 is 2.12 bits per heavy atom. The number of carbonyl (C=O) groups excluding carboxylic acids is 1. The summed E-state index contributed by atoms with van der Waals surface area (Å²) in [6.45, 7) is 2.76. The summed E-state index contributed by atoms with van der Waals surface area (Å²) in [7, 11) is -3.82. The standard InChI is InChI=1S/C23H36N2O6S2/c1-18(26)22(32-31-30-24-20-12-6-3-7-13-20)16-10-5-11-17-23(19(2)27)33(28,29)25-21-14-8-4-9-15-21/h5,10-11,16-17,20-21,24-25,27H,3-4,6-9,12-15H2,1-2H3/b10-5?,17-11?,22-16?,23-19+. The van der Waals surface area contributed by atoms with E-state index >= 15 is 0 Å². The second-order valence-corrected chi connectivity index (χ2v) is 10.8. The fraction of sp³-hybridized carbons (Fsp3) is 0.609. The van der Waals surface area contributed by atoms with Gasteiger partial charge < -0.3 is 5.11 Å². The largest absolute Gasteiger partial charge is 0.511 e. The smallest absolute Gasteiger partial charge is 0.244 e. The number of Topliss-reactive ketones (excluding diaryl/α,β-unsaturated/α-hetero) is 1. The Bertz CT molecular complexity index is 848. The van der Waals surface area contributed by atoms with Crippen molar-refractivity contribution in [3.63, 3.8) is 0 Å². The molecule has 0 saturated heterocycles. The predicted octanol–water partition coefficient (Wildman–Crippen LogP) is 5.05. The van der Waals surface area contributed by atoms with E-state index in [1.165, 1.54) is 32.4 Å². The van der Waals surface area contributed by atoms with Crippen LogP contribution in [0.25, 0.3) is 0 Å². The van der Waals surface area contributed by atoms with E-state index in [9.17, 15) is 18.3 Å². The van der Waals surface area contributed by atoms with Crippen LogP contribution in [-0.2, 0) is 24.1 Å². The quantitative estimate of drug-likeness (QED) is 0.0649. The average Bonchev–Trinajstić information content (AvgIpc) is 2.77. The highest BCUT2D eigenvalue weighted by Crippen LogP contribution is 2.22. The molecule has 0 spiro atoms. The molecule has 0 aromatic heterocycles. The average molecular weight is 501 g/mol. The molecule has 2 saturated carbocycles. The van der Waals surface area contributed by atoms with Gasteiger partial charge in [0.1, 0.15) is 10.7 Å². The lowest BCUT2D eigenvalue weighted by Gasteiger charge is -2.22. The number of ketones is 1. The van der Waals surface area contributed by atoms with E-state index in [2.05, 4.69) is 10.2 Å². The molecule has 0 unspecified atom stereocenters. The van der Waals surface area contributed by atoms with Crippen LogP contribution in [0.4, 0.5) is 0 Å². The summed E-state index contributed by atoms with van der Waals surface area (Å²) < 4.78 is 33.0. The van der Waals surface area contributed by atoms with Gasteiger partial charge in [0.2, 0.25) is 10.0 Å². The molecule has 186 valence electrons. The molecular weight excluding hydrogens is 464 g/mol. The highest BCUT2D eigenvalue weighted by atomic mass is 32.2. The van der Waals surface area contributed by atoms with Crippen LogP contribution in [-0.4, -0.2) is 31.4 Å². The van der Waals surface area contributed by atoms with Crippen molar-refractivity contribution < 1.29 is 27.6 Å². The third-order valence-electron chi connectivity index (χ3n) is 5.62. The number of carbonyl (C=O) groups is 1. The van der Waals surface area contributed by atoms with Crippen LogP contribution in [0.2, 0.25) is 0 Å². The van der Waals surface area contributed by atoms with E-state index in [0.717, 1.165) is 69.8 Å². The Morgan fingerprint density at radius 1 is 0.939 bits per heavy atom. The third-order valence-corrected chi connectivity index (χ3v) is 8.01. The first-order valence-electron chi connectivity index (χ1n) is 11.5. The van der Waals surface area contributed by atoms with Crippen molar-refractivity contribution in [2.75, 3.05) is 0 Å². The van der Waals surface area contributed by atoms with Crippen molar-refractivity contribution in [1.29, 1.82) is 0 Å². The molecule has 2 aliphatic rings. The predicted molar refractivity (Wildman–Crippen MR) is 131 cm³/mol. The molecule has 3 N–H and O–H groups in total. The normalized spacial score (nSPS) is 20.5. The van der Waals surface area contributed by atoms with E-state index in [0.29, 0.717) is 4.91 Å². The third kappa shape index (κ3) is 10.6. The molecule has 2 fully saturated rings. The second kappa shape index (κ2) is 14.7. The van der Waals surface area contributed by atoms with Crippen molar-refractivity contribution in [3.8, 4) is 0 Å². The van der Waals surface area contributed by atoms with E-state index in [-0.39, 0.29) is 28.5 Å². The Labute approximate surface area is 201 Å². The first-order chi connectivity index (χ1) is 15.8. The Hall–Kier alpha value is -1.43. The summed E-state index contributed by atoms with van der Waals surface area (Å²) in [4.78, 5) is 17.0. The van der Waals surface area contributed by atoms with E-state index in [1.807, 2.05) is 0 Å². The molecule has 0 atom stereocenters. The van der Waals surface area contributed by atoms with Gasteiger partial charge in [0.25, 0.3) is 0 Å². The van der Waals surface area contributed by atoms with Crippen molar-refractivity contribution in [1.82, 2.24) is 10.2 Å². The van der Waals surface area contributed by atoms with Crippen LogP contribution in [0.15, 0.2) is 45.9 Å². The zero-order valence-electron chi connectivity index (χ0n) is 19.4. The summed E-state index contributed by atoms with van der Waals surface area (Å²) in [5.74, 6) is -0.476. The topological polar surface area (TPSA) is 114 Å². The van der Waals surface area contributed by atoms with E-state index < -0.39 is 10.0 Å². The molecule has 0 aromatic carbocycles. The lowest BCUT2D eigenvalue weighted by molar-refractivity contribution is -0.255. The number of allylic oxidation sites excluding steroid dienone is 7. The number of aliphatic hydroxyl groups excluding tert-OH is 1. The summed E-state index contributed by atoms with van der Waals surface area (Å²) in [6.07, 6.45) is 17.9. The maximum absolute atomic E-state index is 12.7. The lowest BCUT2D eigenvalue weighted by Crippen LogP contribution is -2.36. The zero-order valence-corrected chi connectivity index (χ0v) is 21.1. The van der Waals surface area contributed by atoms with Gasteiger partial charge >= 0.3 is 0 Å². The maximum Gasteiger partial charge on any atom is 0.244 e. The number of rotatable bonds is 12. The molecule has 2 rings (SSSR count). The molecule has 0 aliphatic heterocycles. The van der Waals surface area contributed by atoms with Crippen LogP contribution in [0, 0.1) is 0 Å². The fourth-order valence-corrected chi connectivity index (χ4v) is 5.67. The van der Waals surface area contributed by atoms with E-state index in [1.54, 1.807) is 18.2 Å². The molecule has 10 heteroatoms. The minimum atomic E-state index is -3.82. The number of hydrogen-bond donors (Lipinski definition) is 3. The van der Waals surface area contributed by atoms with Gasteiger partial charge in [0.15, 0.2) is 5.78 Å². The first kappa shape index (κ1) is 27.8. The summed E-state index contributed by atoms with van der Waals surface area (Å²) in [5, 5.41) is 9.90. The molecule has 0 aromatic rings. The molecule has 0 heterocycles. The van der Waals surface area contributed by atoms with Crippen molar-refractivity contribution in [2.24, 2.45) is 0 Å². The van der Waals surface area contributed by atoms with Crippen LogP contribution >= 0.6 is 12.0 Å². The number of nitrogens with one attached hydrogen (secondary N) is 2. The van der Waals surface area contributed by atoms with Gasteiger partial charge in [0, 0.05) is 12.1 Å². The number of aliphatic hydroxyl groups is 1. The van der Waals surface area contributed by atoms with Crippen molar-refractivity contribution in [3.05, 3.63) is 45.9 Å². The summed E-state index contributed by atoms with van der Waals surface area (Å²) in [5.41, 5.74) is 2.86. The highest BCUT2D eigenvalue weighted by Gasteiger charge is 2.24. The lowest BCUT2D eigenvalue weighted by atomic mass is 9.96. The van der Waals surface area contributed by atoms with Crippen molar-refractivity contribution >= 4 is 27.8 Å².